The normalized spacial score (nSPS) is 14.2. The third kappa shape index (κ3) is 5.48. The molecule has 0 amide bonds. The molecule has 2 N–H and O–H groups in total. The number of hydrogen-bond acceptors (Lipinski definition) is 6. The van der Waals surface area contributed by atoms with Crippen molar-refractivity contribution in [3.8, 4) is 0 Å². The highest BCUT2D eigenvalue weighted by molar-refractivity contribution is 7.70. The summed E-state index contributed by atoms with van der Waals surface area (Å²) in [5.41, 5.74) is 3.21. The van der Waals surface area contributed by atoms with Gasteiger partial charge in [-0.05, 0) is 60.9 Å². The number of fused-ring (bicyclic) bond motifs is 1. The summed E-state index contributed by atoms with van der Waals surface area (Å²) in [5.74, 6) is -0.752. The number of anilines is 1. The molecule has 3 aromatic rings. The molecular formula is C23H25FN4O3S. The number of carbonyl (C=O) groups is 1. The van der Waals surface area contributed by atoms with E-state index in [1.54, 1.807) is 24.3 Å². The molecule has 0 bridgehead atoms. The molecule has 1 aromatic heterocycles. The van der Waals surface area contributed by atoms with Crippen LogP contribution in [0.25, 0.3) is 10.9 Å². The summed E-state index contributed by atoms with van der Waals surface area (Å²) < 4.78 is 37.6. The second-order valence-corrected chi connectivity index (χ2v) is 8.61. The SMILES string of the molecule is O=C(c1cc(F)cc(CCCN[SH](=O)=O)c1)c1ccc2ncc(N3CCNCC3)cc2c1. The lowest BCUT2D eigenvalue weighted by Gasteiger charge is -2.29. The zero-order valence-electron chi connectivity index (χ0n) is 17.5. The summed E-state index contributed by atoms with van der Waals surface area (Å²) in [6.45, 7) is 3.91. The molecule has 4 rings (SSSR count). The summed E-state index contributed by atoms with van der Waals surface area (Å²) in [7, 11) is -2.65. The Bertz CT molecular complexity index is 1200. The lowest BCUT2D eigenvalue weighted by atomic mass is 9.98. The number of piperazine rings is 1. The zero-order chi connectivity index (χ0) is 22.5. The predicted octanol–water partition coefficient (Wildman–Crippen LogP) is 2.06. The molecule has 1 aliphatic heterocycles. The maximum atomic E-state index is 14.2. The van der Waals surface area contributed by atoms with Crippen LogP contribution in [0.3, 0.4) is 0 Å². The Labute approximate surface area is 187 Å². The lowest BCUT2D eigenvalue weighted by molar-refractivity contribution is 0.103. The number of pyridine rings is 1. The molecule has 0 aliphatic carbocycles. The number of rotatable bonds is 8. The van der Waals surface area contributed by atoms with Crippen LogP contribution in [-0.4, -0.2) is 51.9 Å². The van der Waals surface area contributed by atoms with Crippen LogP contribution in [0.2, 0.25) is 0 Å². The van der Waals surface area contributed by atoms with Crippen molar-refractivity contribution in [3.05, 3.63) is 71.2 Å². The van der Waals surface area contributed by atoms with Crippen molar-refractivity contribution in [1.82, 2.24) is 15.0 Å². The Morgan fingerprint density at radius 1 is 1.09 bits per heavy atom. The van der Waals surface area contributed by atoms with Crippen molar-refractivity contribution in [3.63, 3.8) is 0 Å². The molecule has 2 heterocycles. The predicted molar refractivity (Wildman–Crippen MR) is 123 cm³/mol. The molecule has 0 saturated carbocycles. The van der Waals surface area contributed by atoms with Crippen molar-refractivity contribution in [2.45, 2.75) is 12.8 Å². The number of aromatic nitrogens is 1. The monoisotopic (exact) mass is 456 g/mol. The molecule has 1 aliphatic rings. The average molecular weight is 457 g/mol. The fraction of sp³-hybridized carbons (Fsp3) is 0.304. The van der Waals surface area contributed by atoms with Crippen molar-refractivity contribution >= 4 is 33.3 Å². The van der Waals surface area contributed by atoms with Crippen molar-refractivity contribution in [1.29, 1.82) is 0 Å². The van der Waals surface area contributed by atoms with Gasteiger partial charge in [0.25, 0.3) is 0 Å². The van der Waals surface area contributed by atoms with Crippen LogP contribution >= 0.6 is 0 Å². The van der Waals surface area contributed by atoms with E-state index >= 15 is 0 Å². The molecule has 0 radical (unpaired) electrons. The number of benzene rings is 2. The van der Waals surface area contributed by atoms with E-state index in [2.05, 4.69) is 19.9 Å². The number of aryl methyl sites for hydroxylation is 1. The van der Waals surface area contributed by atoms with Crippen LogP contribution in [0, 0.1) is 5.82 Å². The van der Waals surface area contributed by atoms with Gasteiger partial charge in [-0.2, -0.15) is 0 Å². The number of halogens is 1. The highest BCUT2D eigenvalue weighted by Crippen LogP contribution is 2.23. The summed E-state index contributed by atoms with van der Waals surface area (Å²) in [5, 5.41) is 4.19. The minimum Gasteiger partial charge on any atom is -0.368 e. The number of nitrogens with one attached hydrogen (secondary N) is 2. The van der Waals surface area contributed by atoms with Crippen molar-refractivity contribution < 1.29 is 17.6 Å². The van der Waals surface area contributed by atoms with Gasteiger partial charge in [0.15, 0.2) is 5.78 Å². The molecule has 168 valence electrons. The molecule has 1 saturated heterocycles. The molecule has 9 heteroatoms. The van der Waals surface area contributed by atoms with Crippen molar-refractivity contribution in [2.24, 2.45) is 0 Å². The average Bonchev–Trinajstić information content (AvgIpc) is 2.81. The van der Waals surface area contributed by atoms with Gasteiger partial charge in [-0.15, -0.1) is 0 Å². The van der Waals surface area contributed by atoms with E-state index in [9.17, 15) is 17.6 Å². The third-order valence-corrected chi connectivity index (χ3v) is 6.00. The molecule has 0 unspecified atom stereocenters. The zero-order valence-corrected chi connectivity index (χ0v) is 18.4. The van der Waals surface area contributed by atoms with Crippen LogP contribution in [0.5, 0.6) is 0 Å². The molecule has 32 heavy (non-hydrogen) atoms. The van der Waals surface area contributed by atoms with E-state index in [1.165, 1.54) is 12.1 Å². The second-order valence-electron chi connectivity index (χ2n) is 7.78. The lowest BCUT2D eigenvalue weighted by Crippen LogP contribution is -2.43. The Hall–Kier alpha value is -2.88. The van der Waals surface area contributed by atoms with Crippen LogP contribution in [0.4, 0.5) is 10.1 Å². The van der Waals surface area contributed by atoms with Gasteiger partial charge >= 0.3 is 0 Å². The summed E-state index contributed by atoms with van der Waals surface area (Å²) in [4.78, 5) is 19.9. The van der Waals surface area contributed by atoms with E-state index in [4.69, 9.17) is 0 Å². The second kappa shape index (κ2) is 10.2. The van der Waals surface area contributed by atoms with Gasteiger partial charge in [0.05, 0.1) is 17.4 Å². The van der Waals surface area contributed by atoms with Crippen LogP contribution in [0.15, 0.2) is 48.7 Å². The maximum absolute atomic E-state index is 14.2. The van der Waals surface area contributed by atoms with Gasteiger partial charge in [0, 0.05) is 49.2 Å². The van der Waals surface area contributed by atoms with Crippen molar-refractivity contribution in [2.75, 3.05) is 37.6 Å². The van der Waals surface area contributed by atoms with E-state index < -0.39 is 16.7 Å². The van der Waals surface area contributed by atoms with Gasteiger partial charge in [-0.3, -0.25) is 9.78 Å². The molecule has 0 spiro atoms. The van der Waals surface area contributed by atoms with Crippen LogP contribution < -0.4 is 14.9 Å². The molecule has 2 aromatic carbocycles. The first kappa shape index (κ1) is 22.3. The quantitative estimate of drug-likeness (QED) is 0.273. The highest BCUT2D eigenvalue weighted by Gasteiger charge is 2.15. The van der Waals surface area contributed by atoms with Gasteiger partial charge in [-0.25, -0.2) is 17.5 Å². The fourth-order valence-electron chi connectivity index (χ4n) is 3.91. The first-order chi connectivity index (χ1) is 15.5. The van der Waals surface area contributed by atoms with E-state index in [0.717, 1.165) is 42.8 Å². The summed E-state index contributed by atoms with van der Waals surface area (Å²) in [6, 6.07) is 11.6. The first-order valence-electron chi connectivity index (χ1n) is 10.6. The largest absolute Gasteiger partial charge is 0.368 e. The minimum atomic E-state index is -2.65. The summed E-state index contributed by atoms with van der Waals surface area (Å²) in [6.07, 6.45) is 2.83. The van der Waals surface area contributed by atoms with E-state index in [0.29, 0.717) is 24.0 Å². The van der Waals surface area contributed by atoms with Crippen LogP contribution in [0.1, 0.15) is 27.9 Å². The minimum absolute atomic E-state index is 0.263. The number of hydrogen-bond donors (Lipinski definition) is 3. The van der Waals surface area contributed by atoms with Gasteiger partial charge in [-0.1, -0.05) is 0 Å². The Kier molecular flexibility index (Phi) is 7.09. The van der Waals surface area contributed by atoms with Crippen LogP contribution in [-0.2, 0) is 17.3 Å². The van der Waals surface area contributed by atoms with Gasteiger partial charge < -0.3 is 10.2 Å². The van der Waals surface area contributed by atoms with E-state index in [1.807, 2.05) is 12.3 Å². The third-order valence-electron chi connectivity index (χ3n) is 5.51. The number of carbonyl (C=O) groups excluding carboxylic acids is 1. The van der Waals surface area contributed by atoms with Gasteiger partial charge in [0.1, 0.15) is 5.82 Å². The topological polar surface area (TPSA) is 91.4 Å². The Morgan fingerprint density at radius 2 is 1.91 bits per heavy atom. The maximum Gasteiger partial charge on any atom is 0.201 e. The molecule has 1 fully saturated rings. The number of ketones is 1. The fourth-order valence-corrected chi connectivity index (χ4v) is 4.25. The molecule has 0 atom stereocenters. The number of nitrogens with zero attached hydrogens (tertiary/aromatic N) is 2. The standard InChI is InChI=1S/C23H25FN4O3S/c24-20-11-16(2-1-5-27-32(30)31)10-19(13-20)23(29)17-3-4-22-18(12-17)14-21(15-26-22)28-8-6-25-7-9-28/h3-4,10-15,25,32H,1-2,5-9H2,(H,27,30,31). The first-order valence-corrected chi connectivity index (χ1v) is 11.7. The molecule has 7 nitrogen and oxygen atoms in total. The smallest absolute Gasteiger partial charge is 0.201 e. The molecular weight excluding hydrogens is 431 g/mol. The Balaban J connectivity index is 1.55. The van der Waals surface area contributed by atoms with Gasteiger partial charge in [0.2, 0.25) is 10.9 Å². The number of thiol groups is 1. The highest BCUT2D eigenvalue weighted by atomic mass is 32.2. The Morgan fingerprint density at radius 3 is 2.69 bits per heavy atom. The summed E-state index contributed by atoms with van der Waals surface area (Å²) >= 11 is 0. The van der Waals surface area contributed by atoms with E-state index in [-0.39, 0.29) is 17.9 Å².